The summed E-state index contributed by atoms with van der Waals surface area (Å²) in [4.78, 5) is 13.5. The van der Waals surface area contributed by atoms with Gasteiger partial charge in [0, 0.05) is 68.8 Å². The normalized spacial score (nSPS) is 13.9. The summed E-state index contributed by atoms with van der Waals surface area (Å²) < 4.78 is 16.8. The zero-order chi connectivity index (χ0) is 19.6. The predicted molar refractivity (Wildman–Crippen MR) is 104 cm³/mol. The van der Waals surface area contributed by atoms with Crippen LogP contribution in [0.5, 0.6) is 0 Å². The lowest BCUT2D eigenvalue weighted by molar-refractivity contribution is -0.129. The molecular weight excluding hydrogens is 347 g/mol. The van der Waals surface area contributed by atoms with Crippen LogP contribution in [0.4, 0.5) is 15.9 Å². The van der Waals surface area contributed by atoms with Crippen molar-refractivity contribution < 1.29 is 9.18 Å². The van der Waals surface area contributed by atoms with Gasteiger partial charge in [-0.2, -0.15) is 5.10 Å². The Kier molecular flexibility index (Phi) is 5.25. The summed E-state index contributed by atoms with van der Waals surface area (Å²) >= 11 is 0. The highest BCUT2D eigenvalue weighted by atomic mass is 19.1. The minimum absolute atomic E-state index is 0.0106. The second-order valence-electron chi connectivity index (χ2n) is 6.41. The lowest BCUT2D eigenvalue weighted by atomic mass is 10.1. The number of aryl methyl sites for hydroxylation is 1. The van der Waals surface area contributed by atoms with E-state index in [4.69, 9.17) is 5.41 Å². The van der Waals surface area contributed by atoms with Crippen molar-refractivity contribution in [3.05, 3.63) is 47.0 Å². The lowest BCUT2D eigenvalue weighted by Gasteiger charge is -2.26. The standard InChI is InChI=1S/C19H23FN6O/c1-12(27)26-8-7-17-15(11-26)19(24-25(17)3)23-16-6-4-5-14(18(16)20)13(9-21)10-22-2/h4-6,9-10,21-22H,7-8,11H2,1-3H3,(H,23,24)/b13-10+,21-9?. The summed E-state index contributed by atoms with van der Waals surface area (Å²) in [5.74, 6) is 0.0982. The Hall–Kier alpha value is -3.16. The van der Waals surface area contributed by atoms with E-state index in [2.05, 4.69) is 15.7 Å². The van der Waals surface area contributed by atoms with Gasteiger partial charge in [-0.05, 0) is 6.07 Å². The highest BCUT2D eigenvalue weighted by Crippen LogP contribution is 2.30. The van der Waals surface area contributed by atoms with Crippen LogP contribution in [0.25, 0.3) is 5.57 Å². The average Bonchev–Trinajstić information content (AvgIpc) is 2.97. The molecule has 1 aliphatic heterocycles. The molecule has 3 rings (SSSR count). The van der Waals surface area contributed by atoms with E-state index in [9.17, 15) is 4.79 Å². The summed E-state index contributed by atoms with van der Waals surface area (Å²) in [5.41, 5.74) is 2.98. The largest absolute Gasteiger partial charge is 0.393 e. The van der Waals surface area contributed by atoms with Crippen molar-refractivity contribution in [2.75, 3.05) is 18.9 Å². The Morgan fingerprint density at radius 3 is 2.85 bits per heavy atom. The van der Waals surface area contributed by atoms with Gasteiger partial charge in [-0.3, -0.25) is 9.48 Å². The molecule has 8 heteroatoms. The van der Waals surface area contributed by atoms with Crippen LogP contribution in [-0.4, -0.2) is 40.4 Å². The number of amides is 1. The van der Waals surface area contributed by atoms with Gasteiger partial charge >= 0.3 is 0 Å². The molecule has 0 saturated heterocycles. The van der Waals surface area contributed by atoms with Gasteiger partial charge in [0.15, 0.2) is 11.6 Å². The number of rotatable bonds is 5. The molecule has 1 aromatic carbocycles. The molecule has 142 valence electrons. The number of carbonyl (C=O) groups is 1. The maximum atomic E-state index is 15.0. The number of hydrogen-bond acceptors (Lipinski definition) is 5. The van der Waals surface area contributed by atoms with E-state index in [0.717, 1.165) is 17.5 Å². The summed E-state index contributed by atoms with van der Waals surface area (Å²) in [6.07, 6.45) is 3.39. The van der Waals surface area contributed by atoms with E-state index >= 15 is 4.39 Å². The molecule has 2 heterocycles. The van der Waals surface area contributed by atoms with E-state index < -0.39 is 5.82 Å². The van der Waals surface area contributed by atoms with E-state index in [1.165, 1.54) is 0 Å². The van der Waals surface area contributed by atoms with Crippen LogP contribution >= 0.6 is 0 Å². The third kappa shape index (κ3) is 3.55. The van der Waals surface area contributed by atoms with Crippen LogP contribution in [0.2, 0.25) is 0 Å². The fourth-order valence-corrected chi connectivity index (χ4v) is 3.29. The molecule has 1 aromatic heterocycles. The Morgan fingerprint density at radius 1 is 1.41 bits per heavy atom. The predicted octanol–water partition coefficient (Wildman–Crippen LogP) is 2.42. The van der Waals surface area contributed by atoms with Gasteiger partial charge in [-0.15, -0.1) is 0 Å². The Labute approximate surface area is 157 Å². The Bertz CT molecular complexity index is 917. The first kappa shape index (κ1) is 18.6. The second-order valence-corrected chi connectivity index (χ2v) is 6.41. The molecule has 1 amide bonds. The summed E-state index contributed by atoms with van der Waals surface area (Å²) in [5, 5.41) is 17.9. The van der Waals surface area contributed by atoms with Crippen molar-refractivity contribution in [3.8, 4) is 0 Å². The topological polar surface area (TPSA) is 86.0 Å². The van der Waals surface area contributed by atoms with Crippen molar-refractivity contribution in [1.82, 2.24) is 20.0 Å². The van der Waals surface area contributed by atoms with Crippen molar-refractivity contribution >= 4 is 29.2 Å². The fourth-order valence-electron chi connectivity index (χ4n) is 3.29. The van der Waals surface area contributed by atoms with E-state index in [-0.39, 0.29) is 11.6 Å². The molecule has 0 saturated carbocycles. The fraction of sp³-hybridized carbons (Fsp3) is 0.316. The minimum atomic E-state index is -0.457. The first-order valence-corrected chi connectivity index (χ1v) is 8.70. The zero-order valence-corrected chi connectivity index (χ0v) is 15.6. The number of allylic oxidation sites excluding steroid dienone is 1. The van der Waals surface area contributed by atoms with Crippen LogP contribution in [0.1, 0.15) is 23.7 Å². The molecule has 2 aromatic rings. The van der Waals surface area contributed by atoms with Gasteiger partial charge in [0.2, 0.25) is 5.91 Å². The zero-order valence-electron chi connectivity index (χ0n) is 15.6. The first-order valence-electron chi connectivity index (χ1n) is 8.70. The first-order chi connectivity index (χ1) is 13.0. The highest BCUT2D eigenvalue weighted by molar-refractivity contribution is 6.08. The third-order valence-electron chi connectivity index (χ3n) is 4.71. The summed E-state index contributed by atoms with van der Waals surface area (Å²) in [6.45, 7) is 2.65. The lowest BCUT2D eigenvalue weighted by Crippen LogP contribution is -2.34. The minimum Gasteiger partial charge on any atom is -0.393 e. The van der Waals surface area contributed by atoms with E-state index in [1.54, 1.807) is 48.0 Å². The molecule has 0 fully saturated rings. The van der Waals surface area contributed by atoms with Crippen molar-refractivity contribution in [2.45, 2.75) is 19.9 Å². The van der Waals surface area contributed by atoms with E-state index in [0.29, 0.717) is 36.5 Å². The third-order valence-corrected chi connectivity index (χ3v) is 4.71. The molecule has 1 aliphatic rings. The molecule has 7 nitrogen and oxygen atoms in total. The van der Waals surface area contributed by atoms with E-state index in [1.807, 2.05) is 7.05 Å². The molecular formula is C19H23FN6O. The van der Waals surface area contributed by atoms with Crippen LogP contribution in [0.3, 0.4) is 0 Å². The highest BCUT2D eigenvalue weighted by Gasteiger charge is 2.25. The number of aromatic nitrogens is 2. The number of halogens is 1. The molecule has 0 bridgehead atoms. The van der Waals surface area contributed by atoms with Crippen molar-refractivity contribution in [1.29, 1.82) is 5.41 Å². The number of anilines is 2. The maximum Gasteiger partial charge on any atom is 0.219 e. The van der Waals surface area contributed by atoms with Gasteiger partial charge < -0.3 is 20.9 Å². The molecule has 0 spiro atoms. The van der Waals surface area contributed by atoms with Gasteiger partial charge in [-0.25, -0.2) is 4.39 Å². The van der Waals surface area contributed by atoms with Crippen LogP contribution in [-0.2, 0) is 24.8 Å². The molecule has 0 aliphatic carbocycles. The van der Waals surface area contributed by atoms with Crippen LogP contribution < -0.4 is 10.6 Å². The number of hydrogen-bond donors (Lipinski definition) is 3. The van der Waals surface area contributed by atoms with Gasteiger partial charge in [0.1, 0.15) is 0 Å². The average molecular weight is 370 g/mol. The number of fused-ring (bicyclic) bond motifs is 1. The Balaban J connectivity index is 1.97. The van der Waals surface area contributed by atoms with Crippen molar-refractivity contribution in [2.24, 2.45) is 7.05 Å². The quantitative estimate of drug-likeness (QED) is 0.706. The smallest absolute Gasteiger partial charge is 0.219 e. The Morgan fingerprint density at radius 2 is 2.19 bits per heavy atom. The number of carbonyl (C=O) groups excluding carboxylic acids is 1. The summed E-state index contributed by atoms with van der Waals surface area (Å²) in [7, 11) is 3.55. The molecule has 0 atom stereocenters. The van der Waals surface area contributed by atoms with Crippen LogP contribution in [0, 0.1) is 11.2 Å². The van der Waals surface area contributed by atoms with Gasteiger partial charge in [0.25, 0.3) is 0 Å². The van der Waals surface area contributed by atoms with Gasteiger partial charge in [-0.1, -0.05) is 12.1 Å². The number of benzene rings is 1. The number of nitrogens with zero attached hydrogens (tertiary/aromatic N) is 3. The monoisotopic (exact) mass is 370 g/mol. The number of nitrogens with one attached hydrogen (secondary N) is 3. The van der Waals surface area contributed by atoms with Crippen molar-refractivity contribution in [3.63, 3.8) is 0 Å². The van der Waals surface area contributed by atoms with Gasteiger partial charge in [0.05, 0.1) is 12.2 Å². The second kappa shape index (κ2) is 7.61. The maximum absolute atomic E-state index is 15.0. The molecule has 3 N–H and O–H groups in total. The molecule has 27 heavy (non-hydrogen) atoms. The molecule has 0 radical (unpaired) electrons. The SMILES string of the molecule is CN/C=C(\C=N)c1cccc(Nc2nn(C)c3c2CN(C(C)=O)CC3)c1F. The summed E-state index contributed by atoms with van der Waals surface area (Å²) in [6, 6.07) is 4.98. The molecule has 0 unspecified atom stereocenters. The van der Waals surface area contributed by atoms with Crippen LogP contribution in [0.15, 0.2) is 24.4 Å².